The van der Waals surface area contributed by atoms with Crippen molar-refractivity contribution in [2.75, 3.05) is 0 Å². The molecule has 88 valence electrons. The molecule has 0 aromatic heterocycles. The smallest absolute Gasteiger partial charge is 0.114 e. The van der Waals surface area contributed by atoms with Gasteiger partial charge in [0.05, 0.1) is 0 Å². The zero-order valence-corrected chi connectivity index (χ0v) is 10.5. The van der Waals surface area contributed by atoms with Crippen molar-refractivity contribution in [2.45, 2.75) is 18.9 Å². The van der Waals surface area contributed by atoms with Gasteiger partial charge in [-0.15, -0.1) is 0 Å². The van der Waals surface area contributed by atoms with E-state index in [0.29, 0.717) is 11.4 Å². The van der Waals surface area contributed by atoms with Crippen molar-refractivity contribution in [2.24, 2.45) is 0 Å². The van der Waals surface area contributed by atoms with E-state index < -0.39 is 5.60 Å². The molecule has 2 heteroatoms. The van der Waals surface area contributed by atoms with Crippen molar-refractivity contribution in [3.63, 3.8) is 0 Å². The molecule has 2 rings (SSSR count). The highest BCUT2D eigenvalue weighted by Crippen LogP contribution is 2.33. The summed E-state index contributed by atoms with van der Waals surface area (Å²) in [5.74, 6) is 0. The average Bonchev–Trinajstić information content (AvgIpc) is 2.39. The molecule has 0 saturated heterocycles. The first-order valence-corrected chi connectivity index (χ1v) is 6.08. The van der Waals surface area contributed by atoms with E-state index in [0.717, 1.165) is 11.1 Å². The zero-order chi connectivity index (χ0) is 12.3. The fourth-order valence-corrected chi connectivity index (χ4v) is 2.22. The lowest BCUT2D eigenvalue weighted by atomic mass is 9.84. The van der Waals surface area contributed by atoms with E-state index in [2.05, 4.69) is 0 Å². The van der Waals surface area contributed by atoms with Crippen LogP contribution in [0.3, 0.4) is 0 Å². The van der Waals surface area contributed by atoms with Crippen molar-refractivity contribution >= 4 is 11.6 Å². The fraction of sp³-hybridized carbons (Fsp3) is 0.200. The second-order valence-electron chi connectivity index (χ2n) is 4.09. The van der Waals surface area contributed by atoms with Gasteiger partial charge in [0, 0.05) is 5.02 Å². The van der Waals surface area contributed by atoms with Crippen LogP contribution in [-0.4, -0.2) is 5.11 Å². The SMILES string of the molecule is CC[C@@](O)(c1ccccc1)c1cccc(Cl)c1. The third-order valence-corrected chi connectivity index (χ3v) is 3.30. The molecule has 0 saturated carbocycles. The van der Waals surface area contributed by atoms with Gasteiger partial charge in [-0.25, -0.2) is 0 Å². The van der Waals surface area contributed by atoms with E-state index in [1.807, 2.05) is 61.5 Å². The van der Waals surface area contributed by atoms with Crippen LogP contribution in [0.1, 0.15) is 24.5 Å². The maximum atomic E-state index is 10.8. The molecular formula is C15H15ClO. The van der Waals surface area contributed by atoms with Crippen LogP contribution in [0.15, 0.2) is 54.6 Å². The molecule has 17 heavy (non-hydrogen) atoms. The summed E-state index contributed by atoms with van der Waals surface area (Å²) in [7, 11) is 0. The topological polar surface area (TPSA) is 20.2 Å². The summed E-state index contributed by atoms with van der Waals surface area (Å²) in [5.41, 5.74) is 0.759. The second-order valence-corrected chi connectivity index (χ2v) is 4.53. The summed E-state index contributed by atoms with van der Waals surface area (Å²) in [4.78, 5) is 0. The van der Waals surface area contributed by atoms with Gasteiger partial charge in [0.1, 0.15) is 5.60 Å². The molecule has 0 heterocycles. The minimum absolute atomic E-state index is 0.608. The normalized spacial score (nSPS) is 14.3. The highest BCUT2D eigenvalue weighted by atomic mass is 35.5. The lowest BCUT2D eigenvalue weighted by molar-refractivity contribution is 0.0765. The Kier molecular flexibility index (Phi) is 3.51. The summed E-state index contributed by atoms with van der Waals surface area (Å²) < 4.78 is 0. The number of rotatable bonds is 3. The van der Waals surface area contributed by atoms with Crippen LogP contribution >= 0.6 is 11.6 Å². The van der Waals surface area contributed by atoms with Gasteiger partial charge in [0.25, 0.3) is 0 Å². The Morgan fingerprint density at radius 1 is 1.00 bits per heavy atom. The van der Waals surface area contributed by atoms with Crippen molar-refractivity contribution in [3.8, 4) is 0 Å². The van der Waals surface area contributed by atoms with E-state index in [1.54, 1.807) is 0 Å². The van der Waals surface area contributed by atoms with Crippen LogP contribution in [-0.2, 0) is 5.60 Å². The summed E-state index contributed by atoms with van der Waals surface area (Å²) in [6.07, 6.45) is 0.608. The Bertz CT molecular complexity index is 495. The Morgan fingerprint density at radius 3 is 2.24 bits per heavy atom. The van der Waals surface area contributed by atoms with Crippen molar-refractivity contribution in [3.05, 3.63) is 70.7 Å². The summed E-state index contributed by atoms with van der Waals surface area (Å²) >= 11 is 5.98. The van der Waals surface area contributed by atoms with E-state index in [-0.39, 0.29) is 0 Å². The molecule has 0 aliphatic carbocycles. The standard InChI is InChI=1S/C15H15ClO/c1-2-15(17,12-7-4-3-5-8-12)13-9-6-10-14(16)11-13/h3-11,17H,2H2,1H3/t15-/m1/s1. The Labute approximate surface area is 107 Å². The van der Waals surface area contributed by atoms with Crippen molar-refractivity contribution < 1.29 is 5.11 Å². The molecule has 1 N–H and O–H groups in total. The predicted molar refractivity (Wildman–Crippen MR) is 71.2 cm³/mol. The van der Waals surface area contributed by atoms with Crippen molar-refractivity contribution in [1.29, 1.82) is 0 Å². The number of halogens is 1. The molecule has 0 fully saturated rings. The number of aliphatic hydroxyl groups is 1. The first-order chi connectivity index (χ1) is 8.16. The van der Waals surface area contributed by atoms with Gasteiger partial charge < -0.3 is 5.11 Å². The molecule has 0 aliphatic heterocycles. The van der Waals surface area contributed by atoms with Gasteiger partial charge in [-0.2, -0.15) is 0 Å². The quantitative estimate of drug-likeness (QED) is 0.868. The lowest BCUT2D eigenvalue weighted by Crippen LogP contribution is -2.26. The minimum atomic E-state index is -0.966. The monoisotopic (exact) mass is 246 g/mol. The molecule has 1 atom stereocenters. The van der Waals surface area contributed by atoms with Crippen LogP contribution in [0.4, 0.5) is 0 Å². The Balaban J connectivity index is 2.52. The Hall–Kier alpha value is -1.31. The first-order valence-electron chi connectivity index (χ1n) is 5.71. The number of hydrogen-bond donors (Lipinski definition) is 1. The molecule has 0 amide bonds. The molecule has 0 aliphatic rings. The largest absolute Gasteiger partial charge is 0.380 e. The van der Waals surface area contributed by atoms with E-state index in [4.69, 9.17) is 11.6 Å². The van der Waals surface area contributed by atoms with Crippen LogP contribution in [0.5, 0.6) is 0 Å². The summed E-state index contributed by atoms with van der Waals surface area (Å²) in [6, 6.07) is 17.1. The first kappa shape index (κ1) is 12.2. The van der Waals surface area contributed by atoms with Gasteiger partial charge in [-0.1, -0.05) is 61.0 Å². The van der Waals surface area contributed by atoms with Crippen LogP contribution < -0.4 is 0 Å². The summed E-state index contributed by atoms with van der Waals surface area (Å²) in [5, 5.41) is 11.5. The zero-order valence-electron chi connectivity index (χ0n) is 9.73. The van der Waals surface area contributed by atoms with Gasteiger partial charge in [-0.3, -0.25) is 0 Å². The van der Waals surface area contributed by atoms with Crippen LogP contribution in [0, 0.1) is 0 Å². The molecule has 0 radical (unpaired) electrons. The lowest BCUT2D eigenvalue weighted by Gasteiger charge is -2.28. The summed E-state index contributed by atoms with van der Waals surface area (Å²) in [6.45, 7) is 1.97. The van der Waals surface area contributed by atoms with Crippen LogP contribution in [0.2, 0.25) is 5.02 Å². The van der Waals surface area contributed by atoms with Gasteiger partial charge >= 0.3 is 0 Å². The van der Waals surface area contributed by atoms with Gasteiger partial charge in [0.15, 0.2) is 0 Å². The van der Waals surface area contributed by atoms with E-state index in [1.165, 1.54) is 0 Å². The Morgan fingerprint density at radius 2 is 1.65 bits per heavy atom. The van der Waals surface area contributed by atoms with Crippen molar-refractivity contribution in [1.82, 2.24) is 0 Å². The third-order valence-electron chi connectivity index (χ3n) is 3.07. The minimum Gasteiger partial charge on any atom is -0.380 e. The molecule has 1 nitrogen and oxygen atoms in total. The molecular weight excluding hydrogens is 232 g/mol. The predicted octanol–water partition coefficient (Wildman–Crippen LogP) is 3.99. The van der Waals surface area contributed by atoms with E-state index in [9.17, 15) is 5.11 Å². The highest BCUT2D eigenvalue weighted by molar-refractivity contribution is 6.30. The van der Waals surface area contributed by atoms with Gasteiger partial charge in [-0.05, 0) is 29.7 Å². The number of hydrogen-bond acceptors (Lipinski definition) is 1. The maximum absolute atomic E-state index is 10.8. The molecule has 0 spiro atoms. The van der Waals surface area contributed by atoms with Gasteiger partial charge in [0.2, 0.25) is 0 Å². The molecule has 0 bridgehead atoms. The second kappa shape index (κ2) is 4.91. The third kappa shape index (κ3) is 2.36. The molecule has 2 aromatic rings. The average molecular weight is 247 g/mol. The van der Waals surface area contributed by atoms with Crippen LogP contribution in [0.25, 0.3) is 0 Å². The molecule has 2 aromatic carbocycles. The van der Waals surface area contributed by atoms with E-state index >= 15 is 0 Å². The molecule has 0 unspecified atom stereocenters. The fourth-order valence-electron chi connectivity index (χ4n) is 2.03. The highest BCUT2D eigenvalue weighted by Gasteiger charge is 2.29. The number of benzene rings is 2. The maximum Gasteiger partial charge on any atom is 0.114 e.